The van der Waals surface area contributed by atoms with E-state index in [1.807, 2.05) is 0 Å². The molecule has 8 heteroatoms. The maximum Gasteiger partial charge on any atom is 0.276 e. The molecule has 2 aromatic rings. The van der Waals surface area contributed by atoms with E-state index in [9.17, 15) is 4.79 Å². The van der Waals surface area contributed by atoms with Gasteiger partial charge in [-0.3, -0.25) is 4.79 Å². The van der Waals surface area contributed by atoms with Crippen LogP contribution in [0, 0.1) is 0 Å². The van der Waals surface area contributed by atoms with Crippen molar-refractivity contribution in [2.75, 3.05) is 38.0 Å². The SMILES string of the molecule is COc1ccc(OC)c(NC(=O)c2ccc(NCC3CCCO3)nn2)c1. The number of nitrogens with zero attached hydrogens (tertiary/aromatic N) is 2. The number of aromatic nitrogens is 2. The number of benzene rings is 1. The van der Waals surface area contributed by atoms with E-state index in [0.29, 0.717) is 29.5 Å². The molecule has 1 atom stereocenters. The van der Waals surface area contributed by atoms with E-state index in [-0.39, 0.29) is 17.7 Å². The molecule has 0 spiro atoms. The van der Waals surface area contributed by atoms with Crippen LogP contribution in [0.5, 0.6) is 11.5 Å². The molecule has 0 bridgehead atoms. The summed E-state index contributed by atoms with van der Waals surface area (Å²) < 4.78 is 16.0. The van der Waals surface area contributed by atoms with Crippen molar-refractivity contribution >= 4 is 17.4 Å². The molecule has 2 N–H and O–H groups in total. The highest BCUT2D eigenvalue weighted by atomic mass is 16.5. The summed E-state index contributed by atoms with van der Waals surface area (Å²) in [7, 11) is 3.09. The van der Waals surface area contributed by atoms with Gasteiger partial charge in [-0.15, -0.1) is 10.2 Å². The highest BCUT2D eigenvalue weighted by molar-refractivity contribution is 6.03. The van der Waals surface area contributed by atoms with Crippen LogP contribution in [-0.4, -0.2) is 49.6 Å². The van der Waals surface area contributed by atoms with Crippen molar-refractivity contribution in [3.8, 4) is 11.5 Å². The van der Waals surface area contributed by atoms with Gasteiger partial charge in [0.15, 0.2) is 5.69 Å². The molecule has 1 aliphatic heterocycles. The molecule has 1 saturated heterocycles. The van der Waals surface area contributed by atoms with Gasteiger partial charge in [0.2, 0.25) is 0 Å². The third-order valence-electron chi connectivity index (χ3n) is 4.09. The number of amides is 1. The van der Waals surface area contributed by atoms with Crippen molar-refractivity contribution in [1.29, 1.82) is 0 Å². The number of hydrogen-bond acceptors (Lipinski definition) is 7. The third kappa shape index (κ3) is 4.40. The average Bonchev–Trinajstić information content (AvgIpc) is 3.20. The molecule has 8 nitrogen and oxygen atoms in total. The first-order valence-corrected chi connectivity index (χ1v) is 8.42. The van der Waals surface area contributed by atoms with E-state index in [2.05, 4.69) is 20.8 Å². The van der Waals surface area contributed by atoms with Crippen molar-refractivity contribution in [3.63, 3.8) is 0 Å². The van der Waals surface area contributed by atoms with E-state index in [4.69, 9.17) is 14.2 Å². The van der Waals surface area contributed by atoms with Crippen LogP contribution in [0.15, 0.2) is 30.3 Å². The summed E-state index contributed by atoms with van der Waals surface area (Å²) in [4.78, 5) is 12.4. The van der Waals surface area contributed by atoms with Gasteiger partial charge in [-0.1, -0.05) is 0 Å². The second-order valence-electron chi connectivity index (χ2n) is 5.84. The minimum absolute atomic E-state index is 0.206. The lowest BCUT2D eigenvalue weighted by molar-refractivity contribution is 0.102. The lowest BCUT2D eigenvalue weighted by Crippen LogP contribution is -2.20. The molecule has 1 unspecified atom stereocenters. The molecule has 1 aliphatic rings. The van der Waals surface area contributed by atoms with Gasteiger partial charge in [0.05, 0.1) is 26.0 Å². The summed E-state index contributed by atoms with van der Waals surface area (Å²) in [5, 5.41) is 14.0. The molecule has 0 saturated carbocycles. The fourth-order valence-corrected chi connectivity index (χ4v) is 2.67. The quantitative estimate of drug-likeness (QED) is 0.784. The summed E-state index contributed by atoms with van der Waals surface area (Å²) >= 11 is 0. The van der Waals surface area contributed by atoms with Crippen molar-refractivity contribution in [1.82, 2.24) is 10.2 Å². The lowest BCUT2D eigenvalue weighted by Gasteiger charge is -2.12. The van der Waals surface area contributed by atoms with Crippen LogP contribution >= 0.6 is 0 Å². The maximum absolute atomic E-state index is 12.4. The van der Waals surface area contributed by atoms with Crippen molar-refractivity contribution in [3.05, 3.63) is 36.0 Å². The van der Waals surface area contributed by atoms with Crippen LogP contribution in [0.1, 0.15) is 23.3 Å². The fraction of sp³-hybridized carbons (Fsp3) is 0.389. The Hall–Kier alpha value is -2.87. The summed E-state index contributed by atoms with van der Waals surface area (Å²) in [5.41, 5.74) is 0.705. The van der Waals surface area contributed by atoms with Gasteiger partial charge in [0, 0.05) is 19.2 Å². The smallest absolute Gasteiger partial charge is 0.276 e. The summed E-state index contributed by atoms with van der Waals surface area (Å²) in [6.07, 6.45) is 2.34. The Balaban J connectivity index is 1.62. The third-order valence-corrected chi connectivity index (χ3v) is 4.09. The summed E-state index contributed by atoms with van der Waals surface area (Å²) in [5.74, 6) is 1.37. The van der Waals surface area contributed by atoms with Crippen molar-refractivity contribution < 1.29 is 19.0 Å². The van der Waals surface area contributed by atoms with E-state index >= 15 is 0 Å². The predicted octanol–water partition coefficient (Wildman–Crippen LogP) is 2.34. The Morgan fingerprint density at radius 1 is 1.23 bits per heavy atom. The van der Waals surface area contributed by atoms with Crippen molar-refractivity contribution in [2.24, 2.45) is 0 Å². The molecule has 1 aromatic carbocycles. The molecule has 2 heterocycles. The number of methoxy groups -OCH3 is 2. The Morgan fingerprint density at radius 2 is 2.12 bits per heavy atom. The first-order valence-electron chi connectivity index (χ1n) is 8.42. The maximum atomic E-state index is 12.4. The number of rotatable bonds is 7. The lowest BCUT2D eigenvalue weighted by atomic mass is 10.2. The van der Waals surface area contributed by atoms with Crippen LogP contribution in [0.3, 0.4) is 0 Å². The topological polar surface area (TPSA) is 94.6 Å². The molecule has 0 radical (unpaired) electrons. The zero-order valence-corrected chi connectivity index (χ0v) is 14.8. The Labute approximate surface area is 151 Å². The normalized spacial score (nSPS) is 16.2. The van der Waals surface area contributed by atoms with Crippen LogP contribution in [0.25, 0.3) is 0 Å². The largest absolute Gasteiger partial charge is 0.497 e. The van der Waals surface area contributed by atoms with Gasteiger partial charge in [0.1, 0.15) is 17.3 Å². The molecular weight excluding hydrogens is 336 g/mol. The number of nitrogens with one attached hydrogen (secondary N) is 2. The van der Waals surface area contributed by atoms with Crippen LogP contribution in [-0.2, 0) is 4.74 Å². The molecule has 1 amide bonds. The number of anilines is 2. The predicted molar refractivity (Wildman–Crippen MR) is 97.0 cm³/mol. The highest BCUT2D eigenvalue weighted by Crippen LogP contribution is 2.29. The molecule has 138 valence electrons. The fourth-order valence-electron chi connectivity index (χ4n) is 2.67. The van der Waals surface area contributed by atoms with E-state index in [1.54, 1.807) is 37.4 Å². The molecule has 0 aliphatic carbocycles. The van der Waals surface area contributed by atoms with Crippen LogP contribution < -0.4 is 20.1 Å². The van der Waals surface area contributed by atoms with Crippen LogP contribution in [0.4, 0.5) is 11.5 Å². The number of ether oxygens (including phenoxy) is 3. The van der Waals surface area contributed by atoms with E-state index < -0.39 is 0 Å². The molecule has 3 rings (SSSR count). The molecule has 1 aromatic heterocycles. The minimum Gasteiger partial charge on any atom is -0.497 e. The first-order chi connectivity index (χ1) is 12.7. The van der Waals surface area contributed by atoms with Gasteiger partial charge in [-0.2, -0.15) is 0 Å². The number of hydrogen-bond donors (Lipinski definition) is 2. The van der Waals surface area contributed by atoms with Crippen molar-refractivity contribution in [2.45, 2.75) is 18.9 Å². The van der Waals surface area contributed by atoms with Gasteiger partial charge in [-0.05, 0) is 37.1 Å². The zero-order valence-electron chi connectivity index (χ0n) is 14.8. The standard InChI is InChI=1S/C18H22N4O4/c1-24-12-5-7-16(25-2)15(10-12)20-18(23)14-6-8-17(22-21-14)19-11-13-4-3-9-26-13/h5-8,10,13H,3-4,9,11H2,1-2H3,(H,19,22)(H,20,23). The summed E-state index contributed by atoms with van der Waals surface area (Å²) in [6, 6.07) is 8.50. The highest BCUT2D eigenvalue weighted by Gasteiger charge is 2.16. The van der Waals surface area contributed by atoms with Gasteiger partial charge in [0.25, 0.3) is 5.91 Å². The Kier molecular flexibility index (Phi) is 5.85. The van der Waals surface area contributed by atoms with Gasteiger partial charge < -0.3 is 24.8 Å². The first kappa shape index (κ1) is 17.9. The monoisotopic (exact) mass is 358 g/mol. The van der Waals surface area contributed by atoms with E-state index in [1.165, 1.54) is 7.11 Å². The van der Waals surface area contributed by atoms with Crippen LogP contribution in [0.2, 0.25) is 0 Å². The summed E-state index contributed by atoms with van der Waals surface area (Å²) in [6.45, 7) is 1.49. The second kappa shape index (κ2) is 8.48. The van der Waals surface area contributed by atoms with Gasteiger partial charge >= 0.3 is 0 Å². The second-order valence-corrected chi connectivity index (χ2v) is 5.84. The minimum atomic E-state index is -0.380. The molecular formula is C18H22N4O4. The Bertz CT molecular complexity index is 745. The molecule has 1 fully saturated rings. The Morgan fingerprint density at radius 3 is 2.77 bits per heavy atom. The average molecular weight is 358 g/mol. The number of carbonyl (C=O) groups is 1. The zero-order chi connectivity index (χ0) is 18.4. The van der Waals surface area contributed by atoms with E-state index in [0.717, 1.165) is 19.4 Å². The molecule has 26 heavy (non-hydrogen) atoms. The van der Waals surface area contributed by atoms with Gasteiger partial charge in [-0.25, -0.2) is 0 Å². The number of carbonyl (C=O) groups excluding carboxylic acids is 1.